The summed E-state index contributed by atoms with van der Waals surface area (Å²) >= 11 is 5.99. The average molecular weight is 497 g/mol. The minimum atomic E-state index is -3.58. The van der Waals surface area contributed by atoms with Crippen molar-refractivity contribution >= 4 is 21.6 Å². The molecule has 5 nitrogen and oxygen atoms in total. The molecule has 7 heteroatoms. The molecule has 2 saturated heterocycles. The number of benzene rings is 3. The molecule has 2 aliphatic heterocycles. The van der Waals surface area contributed by atoms with Crippen LogP contribution in [0.25, 0.3) is 11.1 Å². The van der Waals surface area contributed by atoms with Crippen LogP contribution >= 0.6 is 11.6 Å². The lowest BCUT2D eigenvalue weighted by Crippen LogP contribution is -2.51. The van der Waals surface area contributed by atoms with E-state index in [4.69, 9.17) is 16.3 Å². The van der Waals surface area contributed by atoms with Crippen molar-refractivity contribution in [3.63, 3.8) is 0 Å². The smallest absolute Gasteiger partial charge is 0.240 e. The molecule has 2 aliphatic rings. The summed E-state index contributed by atoms with van der Waals surface area (Å²) in [5.41, 5.74) is 2.32. The Labute approximate surface area is 206 Å². The highest BCUT2D eigenvalue weighted by molar-refractivity contribution is 7.89. The summed E-state index contributed by atoms with van der Waals surface area (Å²) in [5, 5.41) is 0.423. The summed E-state index contributed by atoms with van der Waals surface area (Å²) in [6.07, 6.45) is 3.84. The highest BCUT2D eigenvalue weighted by Crippen LogP contribution is 2.36. The molecule has 0 spiro atoms. The number of fused-ring (bicyclic) bond motifs is 2. The SMILES string of the molecule is O=S(=O)(NC1CC2CCC(C1)N2CCOc1cccc(-c2ccccc2)c1)c1cccc(Cl)c1. The third-order valence-electron chi connectivity index (χ3n) is 6.87. The van der Waals surface area contributed by atoms with Crippen LogP contribution in [0, 0.1) is 0 Å². The van der Waals surface area contributed by atoms with Gasteiger partial charge >= 0.3 is 0 Å². The van der Waals surface area contributed by atoms with Gasteiger partial charge in [0.25, 0.3) is 0 Å². The van der Waals surface area contributed by atoms with Gasteiger partial charge < -0.3 is 4.74 Å². The van der Waals surface area contributed by atoms with E-state index in [0.29, 0.717) is 23.7 Å². The number of sulfonamides is 1. The number of piperidine rings is 1. The highest BCUT2D eigenvalue weighted by Gasteiger charge is 2.41. The third kappa shape index (κ3) is 5.31. The van der Waals surface area contributed by atoms with Crippen LogP contribution in [0.1, 0.15) is 25.7 Å². The summed E-state index contributed by atoms with van der Waals surface area (Å²) in [4.78, 5) is 2.73. The van der Waals surface area contributed by atoms with Gasteiger partial charge in [0, 0.05) is 29.7 Å². The van der Waals surface area contributed by atoms with Gasteiger partial charge in [-0.15, -0.1) is 0 Å². The lowest BCUT2D eigenvalue weighted by Gasteiger charge is -2.39. The first-order valence-corrected chi connectivity index (χ1v) is 13.7. The Bertz CT molecular complexity index is 1220. The van der Waals surface area contributed by atoms with Crippen LogP contribution in [0.4, 0.5) is 0 Å². The Kier molecular flexibility index (Phi) is 6.93. The van der Waals surface area contributed by atoms with Gasteiger partial charge in [-0.25, -0.2) is 13.1 Å². The Hall–Kier alpha value is -2.38. The van der Waals surface area contributed by atoms with Crippen molar-refractivity contribution in [3.8, 4) is 16.9 Å². The van der Waals surface area contributed by atoms with Gasteiger partial charge in [0.1, 0.15) is 12.4 Å². The number of hydrogen-bond donors (Lipinski definition) is 1. The first kappa shape index (κ1) is 23.4. The Morgan fingerprint density at radius 1 is 0.882 bits per heavy atom. The summed E-state index contributed by atoms with van der Waals surface area (Å²) in [5.74, 6) is 0.873. The zero-order valence-electron chi connectivity index (χ0n) is 18.9. The predicted molar refractivity (Wildman–Crippen MR) is 136 cm³/mol. The van der Waals surface area contributed by atoms with Gasteiger partial charge in [-0.3, -0.25) is 4.90 Å². The molecular formula is C27H29ClN2O3S. The maximum atomic E-state index is 12.8. The van der Waals surface area contributed by atoms with Crippen molar-refractivity contribution in [2.45, 2.75) is 48.7 Å². The van der Waals surface area contributed by atoms with Crippen LogP contribution in [0.15, 0.2) is 83.8 Å². The van der Waals surface area contributed by atoms with Crippen molar-refractivity contribution < 1.29 is 13.2 Å². The molecule has 5 rings (SSSR count). The fraction of sp³-hybridized carbons (Fsp3) is 0.333. The Morgan fingerprint density at radius 3 is 2.32 bits per heavy atom. The predicted octanol–water partition coefficient (Wildman–Crippen LogP) is 5.36. The Morgan fingerprint density at radius 2 is 1.59 bits per heavy atom. The molecule has 3 aromatic carbocycles. The molecule has 34 heavy (non-hydrogen) atoms. The monoisotopic (exact) mass is 496 g/mol. The van der Waals surface area contributed by atoms with Crippen molar-refractivity contribution in [1.29, 1.82) is 0 Å². The van der Waals surface area contributed by atoms with E-state index >= 15 is 0 Å². The highest BCUT2D eigenvalue weighted by atomic mass is 35.5. The summed E-state index contributed by atoms with van der Waals surface area (Å²) in [6, 6.07) is 25.6. The second-order valence-electron chi connectivity index (χ2n) is 9.11. The second kappa shape index (κ2) is 10.1. The minimum Gasteiger partial charge on any atom is -0.492 e. The molecule has 0 amide bonds. The van der Waals surface area contributed by atoms with E-state index < -0.39 is 10.0 Å². The van der Waals surface area contributed by atoms with Crippen LogP contribution in [0.3, 0.4) is 0 Å². The summed E-state index contributed by atoms with van der Waals surface area (Å²) in [7, 11) is -3.58. The molecule has 3 aromatic rings. The zero-order valence-corrected chi connectivity index (χ0v) is 20.5. The molecule has 2 bridgehead atoms. The fourth-order valence-electron chi connectivity index (χ4n) is 5.32. The molecule has 2 atom stereocenters. The summed E-state index contributed by atoms with van der Waals surface area (Å²) < 4.78 is 34.7. The lowest BCUT2D eigenvalue weighted by atomic mass is 9.98. The van der Waals surface area contributed by atoms with E-state index in [-0.39, 0.29) is 10.9 Å². The largest absolute Gasteiger partial charge is 0.492 e. The van der Waals surface area contributed by atoms with Crippen LogP contribution in [0.2, 0.25) is 5.02 Å². The van der Waals surface area contributed by atoms with E-state index in [1.54, 1.807) is 18.2 Å². The standard InChI is InChI=1S/C27H29ClN2O3S/c28-22-9-5-11-27(17-22)34(31,32)29-23-18-24-12-13-25(19-23)30(24)14-15-33-26-10-4-8-21(16-26)20-6-2-1-3-7-20/h1-11,16-17,23-25,29H,12-15,18-19H2. The molecule has 1 N–H and O–H groups in total. The van der Waals surface area contributed by atoms with Gasteiger partial charge in [0.2, 0.25) is 10.0 Å². The van der Waals surface area contributed by atoms with Crippen molar-refractivity contribution in [2.24, 2.45) is 0 Å². The summed E-state index contributed by atoms with van der Waals surface area (Å²) in [6.45, 7) is 1.46. The van der Waals surface area contributed by atoms with Gasteiger partial charge in [-0.2, -0.15) is 0 Å². The normalized spacial score (nSPS) is 22.6. The van der Waals surface area contributed by atoms with Crippen LogP contribution in [-0.2, 0) is 10.0 Å². The van der Waals surface area contributed by atoms with Crippen molar-refractivity contribution in [2.75, 3.05) is 13.2 Å². The first-order chi connectivity index (χ1) is 16.5. The van der Waals surface area contributed by atoms with Gasteiger partial charge in [-0.1, -0.05) is 60.1 Å². The topological polar surface area (TPSA) is 58.6 Å². The minimum absolute atomic E-state index is 0.0544. The number of halogens is 1. The molecule has 178 valence electrons. The Balaban J connectivity index is 1.16. The maximum absolute atomic E-state index is 12.8. The maximum Gasteiger partial charge on any atom is 0.240 e. The molecule has 2 unspecified atom stereocenters. The number of ether oxygens (including phenoxy) is 1. The lowest BCUT2D eigenvalue weighted by molar-refractivity contribution is 0.103. The molecular weight excluding hydrogens is 468 g/mol. The molecule has 0 saturated carbocycles. The molecule has 0 radical (unpaired) electrons. The van der Waals surface area contributed by atoms with E-state index in [1.807, 2.05) is 30.3 Å². The number of rotatable bonds is 8. The number of hydrogen-bond acceptors (Lipinski definition) is 4. The molecule has 2 heterocycles. The van der Waals surface area contributed by atoms with Gasteiger partial charge in [0.05, 0.1) is 4.90 Å². The van der Waals surface area contributed by atoms with Crippen LogP contribution in [0.5, 0.6) is 5.75 Å². The van der Waals surface area contributed by atoms with E-state index in [9.17, 15) is 8.42 Å². The molecule has 2 fully saturated rings. The fourth-order valence-corrected chi connectivity index (χ4v) is 6.88. The molecule has 0 aromatic heterocycles. The van der Waals surface area contributed by atoms with Gasteiger partial charge in [0.15, 0.2) is 0 Å². The van der Waals surface area contributed by atoms with E-state index in [1.165, 1.54) is 11.6 Å². The average Bonchev–Trinajstić information content (AvgIpc) is 3.07. The van der Waals surface area contributed by atoms with Crippen molar-refractivity contribution in [1.82, 2.24) is 9.62 Å². The second-order valence-corrected chi connectivity index (χ2v) is 11.3. The van der Waals surface area contributed by atoms with E-state index in [0.717, 1.165) is 43.5 Å². The first-order valence-electron chi connectivity index (χ1n) is 11.8. The van der Waals surface area contributed by atoms with Crippen LogP contribution in [-0.4, -0.2) is 44.6 Å². The van der Waals surface area contributed by atoms with E-state index in [2.05, 4.69) is 33.9 Å². The van der Waals surface area contributed by atoms with Crippen LogP contribution < -0.4 is 9.46 Å². The number of nitrogens with one attached hydrogen (secondary N) is 1. The van der Waals surface area contributed by atoms with Crippen molar-refractivity contribution in [3.05, 3.63) is 83.9 Å². The van der Waals surface area contributed by atoms with Gasteiger partial charge in [-0.05, 0) is 67.1 Å². The zero-order chi connectivity index (χ0) is 23.5. The third-order valence-corrected chi connectivity index (χ3v) is 8.63. The quantitative estimate of drug-likeness (QED) is 0.456. The molecule has 0 aliphatic carbocycles. The number of nitrogens with zero attached hydrogens (tertiary/aromatic N) is 1.